The van der Waals surface area contributed by atoms with E-state index in [1.165, 1.54) is 6.08 Å². The molecule has 0 fully saturated rings. The van der Waals surface area contributed by atoms with E-state index in [-0.39, 0.29) is 0 Å². The summed E-state index contributed by atoms with van der Waals surface area (Å²) in [5.74, 6) is -4.06. The molecule has 9 nitrogen and oxygen atoms in total. The normalized spacial score (nSPS) is 19.5. The summed E-state index contributed by atoms with van der Waals surface area (Å²) in [5.41, 5.74) is 0. The van der Waals surface area contributed by atoms with Crippen LogP contribution in [0, 0.1) is 0 Å². The number of ether oxygens (including phenoxy) is 4. The van der Waals surface area contributed by atoms with Crippen molar-refractivity contribution in [1.82, 2.24) is 0 Å². The molecule has 0 heterocycles. The maximum atomic E-state index is 11.6. The van der Waals surface area contributed by atoms with E-state index in [4.69, 9.17) is 9.47 Å². The third-order valence-corrected chi connectivity index (χ3v) is 2.64. The summed E-state index contributed by atoms with van der Waals surface area (Å²) in [7, 11) is 2.26. The number of methoxy groups -OCH3 is 2. The fourth-order valence-corrected chi connectivity index (χ4v) is 1.52. The van der Waals surface area contributed by atoms with Crippen LogP contribution >= 0.6 is 0 Å². The molecule has 0 saturated carbocycles. The van der Waals surface area contributed by atoms with Gasteiger partial charge >= 0.3 is 23.9 Å². The highest BCUT2D eigenvalue weighted by molar-refractivity contribution is 6.00. The van der Waals surface area contributed by atoms with E-state index in [2.05, 4.69) is 9.47 Å². The maximum absolute atomic E-state index is 11.6. The van der Waals surface area contributed by atoms with Crippen molar-refractivity contribution in [3.05, 3.63) is 36.5 Å². The predicted octanol–water partition coefficient (Wildman–Crippen LogP) is -0.593. The first-order valence-electron chi connectivity index (χ1n) is 6.52. The van der Waals surface area contributed by atoms with Crippen molar-refractivity contribution in [1.29, 1.82) is 0 Å². The van der Waals surface area contributed by atoms with Crippen LogP contribution in [0.3, 0.4) is 0 Å². The SMILES string of the molecule is COC(=O)/C=C/C(=O)OC1C=CC(=O)C1OC(=O)/C=C/C(=O)OC. The van der Waals surface area contributed by atoms with Crippen molar-refractivity contribution in [2.24, 2.45) is 0 Å². The smallest absolute Gasteiger partial charge is 0.331 e. The van der Waals surface area contributed by atoms with Gasteiger partial charge in [-0.25, -0.2) is 19.2 Å². The van der Waals surface area contributed by atoms with E-state index in [9.17, 15) is 24.0 Å². The Labute approximate surface area is 136 Å². The summed E-state index contributed by atoms with van der Waals surface area (Å²) in [6, 6.07) is 0. The number of carbonyl (C=O) groups excluding carboxylic acids is 5. The van der Waals surface area contributed by atoms with Crippen molar-refractivity contribution in [2.75, 3.05) is 14.2 Å². The number of carbonyl (C=O) groups is 5. The molecular weight excluding hydrogens is 324 g/mol. The Hall–Kier alpha value is -3.23. The van der Waals surface area contributed by atoms with E-state index in [0.29, 0.717) is 0 Å². The van der Waals surface area contributed by atoms with Crippen LogP contribution in [0.4, 0.5) is 0 Å². The summed E-state index contributed by atoms with van der Waals surface area (Å²) in [6.45, 7) is 0. The van der Waals surface area contributed by atoms with E-state index in [0.717, 1.165) is 44.6 Å². The molecule has 0 amide bonds. The first-order valence-corrected chi connectivity index (χ1v) is 6.52. The molecule has 1 aliphatic carbocycles. The van der Waals surface area contributed by atoms with Gasteiger partial charge in [0.15, 0.2) is 11.9 Å². The second-order valence-electron chi connectivity index (χ2n) is 4.23. The lowest BCUT2D eigenvalue weighted by molar-refractivity contribution is -0.160. The van der Waals surface area contributed by atoms with E-state index in [1.807, 2.05) is 0 Å². The van der Waals surface area contributed by atoms with Gasteiger partial charge in [-0.05, 0) is 12.2 Å². The van der Waals surface area contributed by atoms with Gasteiger partial charge in [-0.2, -0.15) is 0 Å². The molecule has 0 N–H and O–H groups in total. The summed E-state index contributed by atoms with van der Waals surface area (Å²) in [4.78, 5) is 56.5. The van der Waals surface area contributed by atoms with E-state index in [1.54, 1.807) is 0 Å². The van der Waals surface area contributed by atoms with Gasteiger partial charge in [-0.1, -0.05) is 0 Å². The van der Waals surface area contributed by atoms with Crippen LogP contribution in [0.5, 0.6) is 0 Å². The molecule has 0 aromatic heterocycles. The largest absolute Gasteiger partial charge is 0.466 e. The first kappa shape index (κ1) is 18.8. The van der Waals surface area contributed by atoms with Crippen LogP contribution in [0.2, 0.25) is 0 Å². The van der Waals surface area contributed by atoms with Crippen LogP contribution in [-0.4, -0.2) is 56.1 Å². The molecule has 2 atom stereocenters. The molecule has 0 aromatic rings. The molecular formula is C15H14O9. The van der Waals surface area contributed by atoms with Crippen LogP contribution in [0.15, 0.2) is 36.5 Å². The summed E-state index contributed by atoms with van der Waals surface area (Å²) in [6.07, 6.45) is 3.01. The highest BCUT2D eigenvalue weighted by Gasteiger charge is 2.35. The van der Waals surface area contributed by atoms with Gasteiger partial charge in [-0.15, -0.1) is 0 Å². The number of hydrogen-bond acceptors (Lipinski definition) is 9. The van der Waals surface area contributed by atoms with Gasteiger partial charge in [0.25, 0.3) is 0 Å². The molecule has 9 heteroatoms. The van der Waals surface area contributed by atoms with Crippen molar-refractivity contribution < 1.29 is 42.9 Å². The van der Waals surface area contributed by atoms with E-state index >= 15 is 0 Å². The highest BCUT2D eigenvalue weighted by atomic mass is 16.6. The van der Waals surface area contributed by atoms with Gasteiger partial charge in [0.1, 0.15) is 0 Å². The molecule has 2 unspecified atom stereocenters. The average Bonchev–Trinajstić information content (AvgIpc) is 2.90. The zero-order chi connectivity index (χ0) is 18.1. The third kappa shape index (κ3) is 5.87. The van der Waals surface area contributed by atoms with Gasteiger partial charge in [0.2, 0.25) is 6.10 Å². The second kappa shape index (κ2) is 9.03. The van der Waals surface area contributed by atoms with Crippen molar-refractivity contribution in [3.63, 3.8) is 0 Å². The number of hydrogen-bond donors (Lipinski definition) is 0. The summed E-state index contributed by atoms with van der Waals surface area (Å²) in [5, 5.41) is 0. The van der Waals surface area contributed by atoms with Gasteiger partial charge in [0, 0.05) is 24.3 Å². The number of rotatable bonds is 6. The van der Waals surface area contributed by atoms with Gasteiger partial charge in [0.05, 0.1) is 14.2 Å². The Balaban J connectivity index is 2.64. The number of ketones is 1. The van der Waals surface area contributed by atoms with Gasteiger partial charge < -0.3 is 18.9 Å². The number of esters is 4. The molecule has 0 bridgehead atoms. The van der Waals surface area contributed by atoms with Crippen molar-refractivity contribution in [3.8, 4) is 0 Å². The lowest BCUT2D eigenvalue weighted by Crippen LogP contribution is -2.35. The lowest BCUT2D eigenvalue weighted by Gasteiger charge is -2.17. The van der Waals surface area contributed by atoms with Crippen molar-refractivity contribution >= 4 is 29.7 Å². The molecule has 0 spiro atoms. The molecule has 0 saturated heterocycles. The lowest BCUT2D eigenvalue weighted by atomic mass is 10.2. The zero-order valence-corrected chi connectivity index (χ0v) is 12.8. The quantitative estimate of drug-likeness (QED) is 0.355. The fourth-order valence-electron chi connectivity index (χ4n) is 1.52. The third-order valence-electron chi connectivity index (χ3n) is 2.64. The Morgan fingerprint density at radius 3 is 1.79 bits per heavy atom. The average molecular weight is 338 g/mol. The Morgan fingerprint density at radius 1 is 0.833 bits per heavy atom. The highest BCUT2D eigenvalue weighted by Crippen LogP contribution is 2.16. The molecule has 1 rings (SSSR count). The van der Waals surface area contributed by atoms with Gasteiger partial charge in [-0.3, -0.25) is 4.79 Å². The predicted molar refractivity (Wildman–Crippen MR) is 76.2 cm³/mol. The molecule has 24 heavy (non-hydrogen) atoms. The minimum absolute atomic E-state index is 0.593. The molecule has 0 radical (unpaired) electrons. The molecule has 0 aliphatic heterocycles. The Morgan fingerprint density at radius 2 is 1.29 bits per heavy atom. The Kier molecular flexibility index (Phi) is 7.08. The first-order chi connectivity index (χ1) is 11.4. The minimum Gasteiger partial charge on any atom is -0.466 e. The second-order valence-corrected chi connectivity index (χ2v) is 4.23. The fraction of sp³-hybridized carbons (Fsp3) is 0.267. The van der Waals surface area contributed by atoms with Crippen LogP contribution in [0.1, 0.15) is 0 Å². The monoisotopic (exact) mass is 338 g/mol. The summed E-state index contributed by atoms with van der Waals surface area (Å²) < 4.78 is 18.3. The molecule has 0 aromatic carbocycles. The van der Waals surface area contributed by atoms with E-state index < -0.39 is 41.9 Å². The zero-order valence-electron chi connectivity index (χ0n) is 12.8. The maximum Gasteiger partial charge on any atom is 0.331 e. The van der Waals surface area contributed by atoms with Crippen LogP contribution in [0.25, 0.3) is 0 Å². The summed E-state index contributed by atoms with van der Waals surface area (Å²) >= 11 is 0. The topological polar surface area (TPSA) is 122 Å². The van der Waals surface area contributed by atoms with Crippen molar-refractivity contribution in [2.45, 2.75) is 12.2 Å². The Bertz CT molecular complexity index is 627. The minimum atomic E-state index is -1.38. The van der Waals surface area contributed by atoms with Crippen LogP contribution < -0.4 is 0 Å². The molecule has 128 valence electrons. The van der Waals surface area contributed by atoms with Crippen LogP contribution in [-0.2, 0) is 42.9 Å². The molecule has 1 aliphatic rings. The standard InChI is InChI=1S/C15H14O9/c1-21-11(17)5-7-13(19)23-10-4-3-9(16)15(10)24-14(20)8-6-12(18)22-2/h3-8,10,15H,1-2H3/b7-5+,8-6+.